The van der Waals surface area contributed by atoms with E-state index < -0.39 is 51.3 Å². The van der Waals surface area contributed by atoms with Crippen LogP contribution in [0.5, 0.6) is 0 Å². The molecule has 4 fully saturated rings. The van der Waals surface area contributed by atoms with Gasteiger partial charge in [-0.2, -0.15) is 13.1 Å². The van der Waals surface area contributed by atoms with Crippen LogP contribution in [0.4, 0.5) is 4.79 Å². The van der Waals surface area contributed by atoms with Gasteiger partial charge < -0.3 is 20.3 Å². The molecule has 0 bridgehead atoms. The zero-order valence-electron chi connectivity index (χ0n) is 23.2. The summed E-state index contributed by atoms with van der Waals surface area (Å²) in [5.41, 5.74) is -2.04. The number of alkyl carbamates (subject to hydrolysis) is 1. The second-order valence-corrected chi connectivity index (χ2v) is 13.9. The van der Waals surface area contributed by atoms with Crippen molar-refractivity contribution in [2.45, 2.75) is 127 Å². The second-order valence-electron chi connectivity index (χ2n) is 12.4. The van der Waals surface area contributed by atoms with Gasteiger partial charge in [-0.1, -0.05) is 32.1 Å². The van der Waals surface area contributed by atoms with Gasteiger partial charge in [0.25, 0.3) is 5.91 Å². The Morgan fingerprint density at radius 3 is 2.31 bits per heavy atom. The van der Waals surface area contributed by atoms with E-state index in [9.17, 15) is 27.6 Å². The fourth-order valence-electron chi connectivity index (χ4n) is 5.61. The maximum Gasteiger partial charge on any atom is 0.408 e. The molecule has 2 aliphatic heterocycles. The molecule has 2 aliphatic carbocycles. The summed E-state index contributed by atoms with van der Waals surface area (Å²) >= 11 is 0. The SMILES string of the molecule is CC(C)(C)OC(=O)N[C@H]1CCCCCCC[C@@H]2C[C@@]2(C(=O)NS(=O)(=O)NC2CC2)NC(=O)[C@@H]2CCCN2C1=O. The third-order valence-electron chi connectivity index (χ3n) is 7.86. The zero-order valence-corrected chi connectivity index (χ0v) is 24.0. The number of nitrogens with one attached hydrogen (secondary N) is 4. The van der Waals surface area contributed by atoms with Crippen LogP contribution in [-0.2, 0) is 29.3 Å². The molecule has 0 spiro atoms. The van der Waals surface area contributed by atoms with Crippen LogP contribution < -0.4 is 20.1 Å². The molecule has 0 aromatic carbocycles. The van der Waals surface area contributed by atoms with Gasteiger partial charge in [0, 0.05) is 12.6 Å². The maximum atomic E-state index is 13.6. The van der Waals surface area contributed by atoms with Crippen LogP contribution in [0.25, 0.3) is 0 Å². The first-order valence-electron chi connectivity index (χ1n) is 14.3. The van der Waals surface area contributed by atoms with Crippen LogP contribution in [0.3, 0.4) is 0 Å². The Balaban J connectivity index is 1.51. The van der Waals surface area contributed by atoms with Gasteiger partial charge in [-0.15, -0.1) is 0 Å². The average Bonchev–Trinajstić information content (AvgIpc) is 3.70. The van der Waals surface area contributed by atoms with Gasteiger partial charge in [0.2, 0.25) is 11.8 Å². The molecular weight excluding hydrogens is 526 g/mol. The van der Waals surface area contributed by atoms with Crippen LogP contribution in [0.15, 0.2) is 0 Å². The summed E-state index contributed by atoms with van der Waals surface area (Å²) in [5, 5.41) is 5.57. The van der Waals surface area contributed by atoms with Gasteiger partial charge in [0.05, 0.1) is 0 Å². The molecule has 0 aromatic rings. The largest absolute Gasteiger partial charge is 0.444 e. The van der Waals surface area contributed by atoms with Crippen molar-refractivity contribution >= 4 is 34.0 Å². The number of rotatable bonds is 5. The topological polar surface area (TPSA) is 163 Å². The van der Waals surface area contributed by atoms with E-state index in [0.29, 0.717) is 38.6 Å². The van der Waals surface area contributed by atoms with Gasteiger partial charge in [-0.25, -0.2) is 9.52 Å². The first-order valence-corrected chi connectivity index (χ1v) is 15.7. The molecule has 220 valence electrons. The number of carbonyl (C=O) groups excluding carboxylic acids is 4. The van der Waals surface area contributed by atoms with Crippen molar-refractivity contribution < 1.29 is 32.3 Å². The first-order chi connectivity index (χ1) is 18.3. The van der Waals surface area contributed by atoms with Crippen molar-refractivity contribution in [1.29, 1.82) is 0 Å². The lowest BCUT2D eigenvalue weighted by Crippen LogP contribution is -2.59. The summed E-state index contributed by atoms with van der Waals surface area (Å²) in [5.74, 6) is -1.74. The molecule has 2 saturated heterocycles. The summed E-state index contributed by atoms with van der Waals surface area (Å²) < 4.78 is 34.9. The monoisotopic (exact) mass is 569 g/mol. The summed E-state index contributed by atoms with van der Waals surface area (Å²) in [6.45, 7) is 5.59. The van der Waals surface area contributed by atoms with E-state index in [2.05, 4.69) is 20.1 Å². The molecule has 13 heteroatoms. The third kappa shape index (κ3) is 7.84. The average molecular weight is 570 g/mol. The van der Waals surface area contributed by atoms with Crippen LogP contribution >= 0.6 is 0 Å². The number of amides is 4. The number of nitrogens with zero attached hydrogens (tertiary/aromatic N) is 1. The molecule has 0 radical (unpaired) electrons. The summed E-state index contributed by atoms with van der Waals surface area (Å²) in [4.78, 5) is 54.4. The van der Waals surface area contributed by atoms with Crippen molar-refractivity contribution in [3.63, 3.8) is 0 Å². The predicted octanol–water partition coefficient (Wildman–Crippen LogP) is 1.60. The summed E-state index contributed by atoms with van der Waals surface area (Å²) in [7, 11) is -4.04. The highest BCUT2D eigenvalue weighted by atomic mass is 32.2. The zero-order chi connectivity index (χ0) is 28.4. The highest BCUT2D eigenvalue weighted by molar-refractivity contribution is 7.88. The fourth-order valence-corrected chi connectivity index (χ4v) is 6.77. The highest BCUT2D eigenvalue weighted by Crippen LogP contribution is 2.47. The Bertz CT molecular complexity index is 1070. The highest BCUT2D eigenvalue weighted by Gasteiger charge is 2.62. The van der Waals surface area contributed by atoms with E-state index in [1.807, 2.05) is 0 Å². The minimum absolute atomic E-state index is 0.161. The Morgan fingerprint density at radius 1 is 0.974 bits per heavy atom. The molecule has 2 saturated carbocycles. The Morgan fingerprint density at radius 2 is 1.64 bits per heavy atom. The molecular formula is C26H43N5O7S. The van der Waals surface area contributed by atoms with Gasteiger partial charge >= 0.3 is 16.3 Å². The molecule has 4 aliphatic rings. The van der Waals surface area contributed by atoms with Crippen LogP contribution in [0.2, 0.25) is 0 Å². The van der Waals surface area contributed by atoms with Crippen molar-refractivity contribution in [2.24, 2.45) is 5.92 Å². The van der Waals surface area contributed by atoms with Crippen molar-refractivity contribution in [3.05, 3.63) is 0 Å². The van der Waals surface area contributed by atoms with E-state index in [1.165, 1.54) is 4.90 Å². The standard InChI is InChI=1S/C26H43N5O7S/c1-25(2,3)38-24(35)27-19-11-8-6-4-5-7-10-17-16-26(17,23(34)30-39(36,37)29-18-13-14-18)28-21(32)20-12-9-15-31(20)22(19)33/h17-20,29H,4-16H2,1-3H3,(H,27,35)(H,28,32)(H,30,34)/t17-,19+,20+,26-/m1/s1. The first kappa shape index (κ1) is 29.6. The predicted molar refractivity (Wildman–Crippen MR) is 142 cm³/mol. The van der Waals surface area contributed by atoms with E-state index in [1.54, 1.807) is 20.8 Å². The molecule has 39 heavy (non-hydrogen) atoms. The maximum absolute atomic E-state index is 13.6. The third-order valence-corrected chi connectivity index (χ3v) is 8.95. The smallest absolute Gasteiger partial charge is 0.408 e. The fraction of sp³-hybridized carbons (Fsp3) is 0.846. The molecule has 0 aromatic heterocycles. The normalized spacial score (nSPS) is 30.6. The molecule has 4 atom stereocenters. The Kier molecular flexibility index (Phi) is 8.79. The summed E-state index contributed by atoms with van der Waals surface area (Å²) in [6, 6.07) is -1.80. The quantitative estimate of drug-likeness (QED) is 0.391. The molecule has 0 unspecified atom stereocenters. The lowest BCUT2D eigenvalue weighted by molar-refractivity contribution is -0.141. The number of carbonyl (C=O) groups is 4. The van der Waals surface area contributed by atoms with Crippen molar-refractivity contribution in [3.8, 4) is 0 Å². The number of hydrogen-bond donors (Lipinski definition) is 4. The van der Waals surface area contributed by atoms with Crippen molar-refractivity contribution in [1.82, 2.24) is 25.0 Å². The molecule has 2 heterocycles. The van der Waals surface area contributed by atoms with Crippen LogP contribution in [0.1, 0.15) is 97.8 Å². The van der Waals surface area contributed by atoms with Crippen LogP contribution in [0, 0.1) is 5.92 Å². The van der Waals surface area contributed by atoms with Gasteiger partial charge in [0.1, 0.15) is 23.2 Å². The number of ether oxygens (including phenoxy) is 1. The lowest BCUT2D eigenvalue weighted by Gasteiger charge is -2.30. The number of fused-ring (bicyclic) bond motifs is 2. The van der Waals surface area contributed by atoms with E-state index in [0.717, 1.165) is 44.9 Å². The lowest BCUT2D eigenvalue weighted by atomic mass is 10.0. The van der Waals surface area contributed by atoms with E-state index in [-0.39, 0.29) is 17.9 Å². The number of hydrogen-bond acceptors (Lipinski definition) is 7. The molecule has 4 N–H and O–H groups in total. The van der Waals surface area contributed by atoms with Gasteiger partial charge in [0.15, 0.2) is 0 Å². The minimum atomic E-state index is -4.04. The van der Waals surface area contributed by atoms with Gasteiger partial charge in [-0.05, 0) is 71.6 Å². The second kappa shape index (κ2) is 11.6. The summed E-state index contributed by atoms with van der Waals surface area (Å²) in [6.07, 6.45) is 7.58. The van der Waals surface area contributed by atoms with Gasteiger partial charge in [-0.3, -0.25) is 14.4 Å². The molecule has 4 rings (SSSR count). The van der Waals surface area contributed by atoms with Crippen molar-refractivity contribution in [2.75, 3.05) is 6.54 Å². The van der Waals surface area contributed by atoms with Crippen LogP contribution in [-0.4, -0.2) is 72.9 Å². The van der Waals surface area contributed by atoms with E-state index >= 15 is 0 Å². The minimum Gasteiger partial charge on any atom is -0.444 e. The Hall–Kier alpha value is -2.41. The van der Waals surface area contributed by atoms with E-state index in [4.69, 9.17) is 4.74 Å². The Labute approximate surface area is 230 Å². The molecule has 12 nitrogen and oxygen atoms in total. The molecule has 4 amide bonds.